The van der Waals surface area contributed by atoms with Gasteiger partial charge in [-0.3, -0.25) is 9.69 Å². The molecule has 16 heavy (non-hydrogen) atoms. The number of rotatable bonds is 5. The minimum Gasteiger partial charge on any atom is -0.481 e. The molecule has 1 heterocycles. The molecule has 0 aromatic carbocycles. The molecule has 0 aromatic heterocycles. The van der Waals surface area contributed by atoms with Crippen molar-refractivity contribution in [3.8, 4) is 0 Å². The van der Waals surface area contributed by atoms with E-state index in [1.165, 1.54) is 0 Å². The summed E-state index contributed by atoms with van der Waals surface area (Å²) >= 11 is 0. The predicted molar refractivity (Wildman–Crippen MR) is 59.3 cm³/mol. The van der Waals surface area contributed by atoms with Crippen LogP contribution in [0.1, 0.15) is 26.7 Å². The van der Waals surface area contributed by atoms with Crippen molar-refractivity contribution in [3.63, 3.8) is 0 Å². The van der Waals surface area contributed by atoms with Gasteiger partial charge >= 0.3 is 5.97 Å². The minimum absolute atomic E-state index is 0.0615. The van der Waals surface area contributed by atoms with Crippen molar-refractivity contribution in [3.05, 3.63) is 0 Å². The van der Waals surface area contributed by atoms with Gasteiger partial charge in [0.15, 0.2) is 0 Å². The average Bonchev–Trinajstić information content (AvgIpc) is 2.14. The zero-order valence-corrected chi connectivity index (χ0v) is 9.98. The molecular formula is C11H21NO4. The molecule has 1 unspecified atom stereocenters. The van der Waals surface area contributed by atoms with Gasteiger partial charge in [0.1, 0.15) is 0 Å². The Hall–Kier alpha value is -0.650. The van der Waals surface area contributed by atoms with E-state index in [1.54, 1.807) is 13.8 Å². The Labute approximate surface area is 96.0 Å². The van der Waals surface area contributed by atoms with Crippen molar-refractivity contribution < 1.29 is 19.7 Å². The summed E-state index contributed by atoms with van der Waals surface area (Å²) in [5, 5.41) is 18.4. The Morgan fingerprint density at radius 2 is 2.25 bits per heavy atom. The summed E-state index contributed by atoms with van der Waals surface area (Å²) in [6, 6.07) is -0.0615. The van der Waals surface area contributed by atoms with Crippen LogP contribution in [0.15, 0.2) is 0 Å². The van der Waals surface area contributed by atoms with Gasteiger partial charge in [-0.15, -0.1) is 0 Å². The predicted octanol–water partition coefficient (Wildman–Crippen LogP) is 0.323. The smallest absolute Gasteiger partial charge is 0.305 e. The first kappa shape index (κ1) is 13.4. The second kappa shape index (κ2) is 5.61. The highest BCUT2D eigenvalue weighted by molar-refractivity contribution is 5.67. The summed E-state index contributed by atoms with van der Waals surface area (Å²) in [6.07, 6.45) is 0.745. The van der Waals surface area contributed by atoms with Crippen LogP contribution >= 0.6 is 0 Å². The van der Waals surface area contributed by atoms with Gasteiger partial charge in [0.25, 0.3) is 0 Å². The van der Waals surface area contributed by atoms with Gasteiger partial charge < -0.3 is 14.9 Å². The number of ether oxygens (including phenoxy) is 1. The lowest BCUT2D eigenvalue weighted by atomic mass is 10.0. The molecule has 1 rings (SSSR count). The molecule has 0 spiro atoms. The lowest BCUT2D eigenvalue weighted by molar-refractivity contribution is -0.140. The fourth-order valence-corrected chi connectivity index (χ4v) is 1.79. The number of carbonyl (C=O) groups is 1. The maximum atomic E-state index is 10.7. The van der Waals surface area contributed by atoms with Crippen LogP contribution in [0.5, 0.6) is 0 Å². The number of aliphatic hydroxyl groups is 1. The highest BCUT2D eigenvalue weighted by atomic mass is 16.5. The summed E-state index contributed by atoms with van der Waals surface area (Å²) in [5.74, 6) is -0.802. The van der Waals surface area contributed by atoms with Crippen molar-refractivity contribution in [2.75, 3.05) is 26.3 Å². The van der Waals surface area contributed by atoms with Crippen molar-refractivity contribution >= 4 is 5.97 Å². The Balaban J connectivity index is 2.44. The Kier molecular flexibility index (Phi) is 4.70. The van der Waals surface area contributed by atoms with Crippen LogP contribution in [0.3, 0.4) is 0 Å². The van der Waals surface area contributed by atoms with Gasteiger partial charge in [-0.25, -0.2) is 0 Å². The number of aliphatic carboxylic acids is 1. The first-order chi connectivity index (χ1) is 7.38. The maximum absolute atomic E-state index is 10.7. The minimum atomic E-state index is -0.802. The molecular weight excluding hydrogens is 210 g/mol. The van der Waals surface area contributed by atoms with Gasteiger partial charge in [-0.2, -0.15) is 0 Å². The van der Waals surface area contributed by atoms with E-state index in [0.717, 1.165) is 6.54 Å². The third kappa shape index (κ3) is 4.92. The molecule has 1 atom stereocenters. The third-order valence-electron chi connectivity index (χ3n) is 2.77. The van der Waals surface area contributed by atoms with E-state index < -0.39 is 11.6 Å². The van der Waals surface area contributed by atoms with E-state index in [-0.39, 0.29) is 12.5 Å². The Morgan fingerprint density at radius 1 is 1.56 bits per heavy atom. The van der Waals surface area contributed by atoms with Crippen molar-refractivity contribution in [2.24, 2.45) is 0 Å². The number of morpholine rings is 1. The van der Waals surface area contributed by atoms with E-state index >= 15 is 0 Å². The molecule has 1 aliphatic rings. The lowest BCUT2D eigenvalue weighted by Gasteiger charge is -2.36. The van der Waals surface area contributed by atoms with E-state index in [4.69, 9.17) is 9.84 Å². The molecule has 0 amide bonds. The van der Waals surface area contributed by atoms with Crippen LogP contribution < -0.4 is 0 Å². The molecule has 0 aromatic rings. The fraction of sp³-hybridized carbons (Fsp3) is 0.909. The molecule has 5 heteroatoms. The molecule has 0 saturated carbocycles. The van der Waals surface area contributed by atoms with Gasteiger partial charge in [0.2, 0.25) is 0 Å². The van der Waals surface area contributed by atoms with Crippen molar-refractivity contribution in [1.29, 1.82) is 0 Å². The highest BCUT2D eigenvalue weighted by Gasteiger charge is 2.26. The van der Waals surface area contributed by atoms with Crippen LogP contribution in [-0.2, 0) is 9.53 Å². The van der Waals surface area contributed by atoms with Crippen LogP contribution in [0.2, 0.25) is 0 Å². The van der Waals surface area contributed by atoms with Crippen LogP contribution in [0.25, 0.3) is 0 Å². The summed E-state index contributed by atoms with van der Waals surface area (Å²) in [6.45, 7) is 6.10. The van der Waals surface area contributed by atoms with Crippen molar-refractivity contribution in [2.45, 2.75) is 38.3 Å². The van der Waals surface area contributed by atoms with E-state index in [0.29, 0.717) is 26.2 Å². The number of carboxylic acids is 1. The van der Waals surface area contributed by atoms with E-state index in [2.05, 4.69) is 4.90 Å². The van der Waals surface area contributed by atoms with Crippen LogP contribution in [0.4, 0.5) is 0 Å². The normalized spacial score (nSPS) is 23.3. The third-order valence-corrected chi connectivity index (χ3v) is 2.77. The summed E-state index contributed by atoms with van der Waals surface area (Å²) < 4.78 is 5.28. The van der Waals surface area contributed by atoms with Gasteiger partial charge in [0, 0.05) is 19.1 Å². The Bertz CT molecular complexity index is 237. The fourth-order valence-electron chi connectivity index (χ4n) is 1.79. The van der Waals surface area contributed by atoms with Crippen LogP contribution in [0, 0.1) is 0 Å². The molecule has 0 aliphatic carbocycles. The van der Waals surface area contributed by atoms with Crippen LogP contribution in [-0.4, -0.2) is 59.0 Å². The number of hydrogen-bond donors (Lipinski definition) is 2. The summed E-state index contributed by atoms with van der Waals surface area (Å²) in [5.41, 5.74) is -0.702. The average molecular weight is 231 g/mol. The quantitative estimate of drug-likeness (QED) is 0.713. The molecule has 5 nitrogen and oxygen atoms in total. The van der Waals surface area contributed by atoms with Gasteiger partial charge in [-0.1, -0.05) is 0 Å². The first-order valence-electron chi connectivity index (χ1n) is 5.64. The number of carboxylic acid groups (broad SMARTS) is 1. The molecule has 94 valence electrons. The highest BCUT2D eigenvalue weighted by Crippen LogP contribution is 2.15. The second-order valence-electron chi connectivity index (χ2n) is 4.93. The number of hydrogen-bond acceptors (Lipinski definition) is 4. The molecule has 1 aliphatic heterocycles. The van der Waals surface area contributed by atoms with Crippen molar-refractivity contribution in [1.82, 2.24) is 4.90 Å². The largest absolute Gasteiger partial charge is 0.481 e. The van der Waals surface area contributed by atoms with E-state index in [9.17, 15) is 9.90 Å². The first-order valence-corrected chi connectivity index (χ1v) is 5.64. The zero-order chi connectivity index (χ0) is 12.2. The molecule has 1 saturated heterocycles. The monoisotopic (exact) mass is 231 g/mol. The van der Waals surface area contributed by atoms with Gasteiger partial charge in [-0.05, 0) is 20.3 Å². The van der Waals surface area contributed by atoms with E-state index in [1.807, 2.05) is 0 Å². The molecule has 1 fully saturated rings. The second-order valence-corrected chi connectivity index (χ2v) is 4.93. The molecule has 0 radical (unpaired) electrons. The maximum Gasteiger partial charge on any atom is 0.305 e. The number of nitrogens with zero attached hydrogens (tertiary/aromatic N) is 1. The molecule has 2 N–H and O–H groups in total. The topological polar surface area (TPSA) is 70.0 Å². The lowest BCUT2D eigenvalue weighted by Crippen LogP contribution is -2.47. The summed E-state index contributed by atoms with van der Waals surface area (Å²) in [7, 11) is 0. The molecule has 0 bridgehead atoms. The van der Waals surface area contributed by atoms with Gasteiger partial charge in [0.05, 0.1) is 25.2 Å². The summed E-state index contributed by atoms with van der Waals surface area (Å²) in [4.78, 5) is 12.8. The standard InChI is InChI=1S/C11H21NO4/c1-11(2,15)3-4-12-5-6-16-8-9(12)7-10(13)14/h9,15H,3-8H2,1-2H3,(H,13,14). The zero-order valence-electron chi connectivity index (χ0n) is 9.98. The SMILES string of the molecule is CC(C)(O)CCN1CCOCC1CC(=O)O. The Morgan fingerprint density at radius 3 is 2.81 bits per heavy atom.